The minimum Gasteiger partial charge on any atom is 0 e. The number of aromatic amines is 5. The van der Waals surface area contributed by atoms with Crippen molar-refractivity contribution in [2.45, 2.75) is 159 Å². The summed E-state index contributed by atoms with van der Waals surface area (Å²) in [5, 5.41) is 48.1. The van der Waals surface area contributed by atoms with Crippen molar-refractivity contribution in [2.24, 2.45) is 0 Å². The molecule has 0 spiro atoms. The van der Waals surface area contributed by atoms with Gasteiger partial charge in [-0.2, -0.15) is 37.7 Å². The summed E-state index contributed by atoms with van der Waals surface area (Å²) in [4.78, 5) is 0. The summed E-state index contributed by atoms with van der Waals surface area (Å²) < 4.78 is 0. The maximum absolute atomic E-state index is 7.62. The SMILES string of the molecule is C.C#N.CC(C)(C)c1ccn[nH]1.CC(C)(C)c1ccn[nH]1.CC(C)(C)c1ccn[nH]1.CC(C)(C)c1ccn[nH]1.CC(C)(C)c1ccn[nH]1.CCC#N.ClCl.[CH2-]C.[Cl][Pt][Cl].[Pt]. The van der Waals surface area contributed by atoms with Crippen LogP contribution in [0.15, 0.2) is 61.3 Å². The predicted molar refractivity (Wildman–Crippen MR) is 250 cm³/mol. The molecule has 0 bridgehead atoms. The van der Waals surface area contributed by atoms with E-state index < -0.39 is 16.5 Å². The molecule has 5 aromatic rings. The summed E-state index contributed by atoms with van der Waals surface area (Å²) in [6.07, 6.45) is 9.52. The zero-order chi connectivity index (χ0) is 46.7. The Kier molecular flexibility index (Phi) is 48.8. The zero-order valence-corrected chi connectivity index (χ0v) is 45.6. The summed E-state index contributed by atoms with van der Waals surface area (Å²) in [5.74, 6) is 0. The summed E-state index contributed by atoms with van der Waals surface area (Å²) in [6.45, 7) is 42.6. The Morgan fingerprint density at radius 3 is 0.667 bits per heavy atom. The Morgan fingerprint density at radius 2 is 0.633 bits per heavy atom. The number of H-pyrrole nitrogens is 5. The number of nitrogens with zero attached hydrogens (tertiary/aromatic N) is 7. The first kappa shape index (κ1) is 72.0. The van der Waals surface area contributed by atoms with Gasteiger partial charge in [-0.1, -0.05) is 118 Å². The molecule has 5 aromatic heterocycles. The molecule has 0 aliphatic rings. The van der Waals surface area contributed by atoms with Crippen LogP contribution in [-0.4, -0.2) is 51.0 Å². The third-order valence-corrected chi connectivity index (χ3v) is 6.70. The van der Waals surface area contributed by atoms with E-state index in [1.165, 1.54) is 28.5 Å². The van der Waals surface area contributed by atoms with E-state index in [0.717, 1.165) is 0 Å². The molecule has 352 valence electrons. The van der Waals surface area contributed by atoms with Crippen LogP contribution >= 0.6 is 40.5 Å². The van der Waals surface area contributed by atoms with Crippen molar-refractivity contribution in [3.05, 3.63) is 96.7 Å². The average Bonchev–Trinajstić information content (AvgIpc) is 4.00. The number of hydrogen-bond acceptors (Lipinski definition) is 7. The molecule has 0 amide bonds. The molecule has 0 atom stereocenters. The Bertz CT molecular complexity index is 1310. The molecule has 5 heterocycles. The van der Waals surface area contributed by atoms with E-state index in [9.17, 15) is 0 Å². The third-order valence-electron chi connectivity index (χ3n) is 6.70. The van der Waals surface area contributed by atoms with Gasteiger partial charge in [-0.25, -0.2) is 5.26 Å². The second-order valence-corrected chi connectivity index (χ2v) is 19.9. The minimum absolute atomic E-state index is 0. The second kappa shape index (κ2) is 40.6. The van der Waals surface area contributed by atoms with Gasteiger partial charge in [-0.05, 0) is 30.3 Å². The van der Waals surface area contributed by atoms with E-state index in [4.69, 9.17) is 29.4 Å². The smallest absolute Gasteiger partial charge is 0 e. The van der Waals surface area contributed by atoms with Crippen molar-refractivity contribution in [3.8, 4) is 12.6 Å². The maximum Gasteiger partial charge on any atom is 0 e. The molecule has 0 aliphatic carbocycles. The largest absolute Gasteiger partial charge is 0 e. The number of halogens is 4. The molecule has 5 N–H and O–H groups in total. The first-order valence-electron chi connectivity index (χ1n) is 18.2. The molecule has 60 heavy (non-hydrogen) atoms. The number of nitriles is 2. The number of aromatic nitrogens is 10. The van der Waals surface area contributed by atoms with Gasteiger partial charge in [0.25, 0.3) is 0 Å². The molecule has 0 aromatic carbocycles. The van der Waals surface area contributed by atoms with Gasteiger partial charge in [0.05, 0.1) is 6.07 Å². The fourth-order valence-corrected chi connectivity index (χ4v) is 3.37. The van der Waals surface area contributed by atoms with E-state index in [1.807, 2.05) is 43.3 Å². The van der Waals surface area contributed by atoms with Gasteiger partial charge in [-0.15, -0.1) is 0 Å². The summed E-state index contributed by atoms with van der Waals surface area (Å²) in [7, 11) is 18.0. The maximum atomic E-state index is 7.62. The Balaban J connectivity index is -0.000000108. The molecule has 18 heteroatoms. The van der Waals surface area contributed by atoms with Crippen LogP contribution < -0.4 is 0 Å². The molecule has 0 saturated carbocycles. The normalized spacial score (nSPS) is 9.85. The minimum atomic E-state index is -0.472. The van der Waals surface area contributed by atoms with Crippen LogP contribution in [0.3, 0.4) is 0 Å². The fourth-order valence-electron chi connectivity index (χ4n) is 3.37. The molecule has 5 rings (SSSR count). The van der Waals surface area contributed by atoms with E-state index in [-0.39, 0.29) is 55.6 Å². The van der Waals surface area contributed by atoms with Gasteiger partial charge in [-0.3, -0.25) is 25.5 Å². The summed E-state index contributed by atoms with van der Waals surface area (Å²) in [6, 6.07) is 11.9. The molecule has 0 radical (unpaired) electrons. The van der Waals surface area contributed by atoms with Crippen molar-refractivity contribution in [1.82, 2.24) is 51.0 Å². The van der Waals surface area contributed by atoms with E-state index in [1.54, 1.807) is 37.9 Å². The first-order valence-corrected chi connectivity index (χ1v) is 24.9. The van der Waals surface area contributed by atoms with Crippen LogP contribution in [0.2, 0.25) is 0 Å². The van der Waals surface area contributed by atoms with Crippen LogP contribution in [0.4, 0.5) is 0 Å². The van der Waals surface area contributed by atoms with Gasteiger partial charge < -0.3 is 6.92 Å². The molecule has 0 saturated heterocycles. The zero-order valence-electron chi connectivity index (χ0n) is 38.0. The van der Waals surface area contributed by atoms with Crippen molar-refractivity contribution in [3.63, 3.8) is 0 Å². The van der Waals surface area contributed by atoms with Crippen molar-refractivity contribution in [1.29, 1.82) is 10.5 Å². The molecule has 0 aliphatic heterocycles. The Labute approximate surface area is 404 Å². The number of hydrogen-bond donors (Lipinski definition) is 5. The standard InChI is InChI=1S/5C7H12N2.C3H5N.C2H5.CHN.CH4.Cl2.2ClH.2Pt/c5*1-7(2,3)6-4-5-8-9-6;1-2-3-4;2*1-2;;1-2;;;;/h5*4-5H,1-3H3,(H,8,9);2H2,1H3;1H2,2H3;1H;1H4;;2*1H;;/q;;;;;;-1;;;;;;;+2/p-2. The van der Waals surface area contributed by atoms with Gasteiger partial charge in [0.2, 0.25) is 0 Å². The van der Waals surface area contributed by atoms with Crippen molar-refractivity contribution < 1.29 is 37.5 Å². The molecule has 0 unspecified atom stereocenters. The third kappa shape index (κ3) is 40.9. The van der Waals surface area contributed by atoms with Gasteiger partial charge in [0.15, 0.2) is 0 Å². The summed E-state index contributed by atoms with van der Waals surface area (Å²) >= 11 is -0.472. The van der Waals surface area contributed by atoms with Crippen LogP contribution in [0, 0.1) is 30.1 Å². The van der Waals surface area contributed by atoms with Crippen molar-refractivity contribution in [2.75, 3.05) is 0 Å². The first-order chi connectivity index (χ1) is 26.9. The van der Waals surface area contributed by atoms with Crippen LogP contribution in [-0.2, 0) is 64.6 Å². The predicted octanol–water partition coefficient (Wildman–Crippen LogP) is 13.8. The van der Waals surface area contributed by atoms with Gasteiger partial charge >= 0.3 is 35.3 Å². The van der Waals surface area contributed by atoms with Crippen LogP contribution in [0.5, 0.6) is 0 Å². The Morgan fingerprint density at radius 1 is 0.517 bits per heavy atom. The van der Waals surface area contributed by atoms with E-state index in [0.29, 0.717) is 6.42 Å². The molecular formula is C42H75Cl4N12Pt2-. The van der Waals surface area contributed by atoms with Crippen LogP contribution in [0.1, 0.15) is 160 Å². The van der Waals surface area contributed by atoms with E-state index >= 15 is 0 Å². The fraction of sp³-hybridized carbons (Fsp3) is 0.571. The van der Waals surface area contributed by atoms with Gasteiger partial charge in [0, 0.05) is 142 Å². The molecule has 12 nitrogen and oxygen atoms in total. The molecule has 0 fully saturated rings. The topological polar surface area (TPSA) is 191 Å². The average molecular weight is 1280 g/mol. The number of nitrogens with one attached hydrogen (secondary N) is 5. The van der Waals surface area contributed by atoms with E-state index in [2.05, 4.69) is 190 Å². The molecular weight excluding hydrogens is 1200 g/mol. The quantitative estimate of drug-likeness (QED) is 0.0953. The van der Waals surface area contributed by atoms with Gasteiger partial charge in [0.1, 0.15) is 0 Å². The second-order valence-electron chi connectivity index (χ2n) is 16.7. The monoisotopic (exact) mass is 1280 g/mol. The van der Waals surface area contributed by atoms with Crippen molar-refractivity contribution >= 4 is 40.5 Å². The number of rotatable bonds is 0. The summed E-state index contributed by atoms with van der Waals surface area (Å²) in [5.41, 5.74) is 6.94. The Hall–Kier alpha value is -2.43. The van der Waals surface area contributed by atoms with Crippen LogP contribution in [0.25, 0.3) is 0 Å².